The van der Waals surface area contributed by atoms with E-state index >= 15 is 0 Å². The van der Waals surface area contributed by atoms with E-state index in [9.17, 15) is 4.79 Å². The summed E-state index contributed by atoms with van der Waals surface area (Å²) in [5, 5.41) is 3.29. The Morgan fingerprint density at radius 2 is 1.92 bits per heavy atom. The van der Waals surface area contributed by atoms with Gasteiger partial charge in [-0.05, 0) is 35.9 Å². The summed E-state index contributed by atoms with van der Waals surface area (Å²) in [5.74, 6) is 6.80. The van der Waals surface area contributed by atoms with E-state index in [0.717, 1.165) is 11.1 Å². The Bertz CT molecular complexity index is 834. The van der Waals surface area contributed by atoms with E-state index in [1.165, 1.54) is 6.08 Å². The molecule has 1 amide bonds. The number of hydrogen-bond donors (Lipinski definition) is 1. The van der Waals surface area contributed by atoms with Gasteiger partial charge in [0.05, 0.1) is 25.8 Å². The largest absolute Gasteiger partial charge is 0.493 e. The van der Waals surface area contributed by atoms with Crippen LogP contribution in [0.15, 0.2) is 48.5 Å². The van der Waals surface area contributed by atoms with Crippen LogP contribution in [0.2, 0.25) is 5.02 Å². The fourth-order valence-corrected chi connectivity index (χ4v) is 2.20. The molecule has 0 heterocycles. The van der Waals surface area contributed by atoms with Gasteiger partial charge in [-0.2, -0.15) is 0 Å². The molecule has 128 valence electrons. The third-order valence-electron chi connectivity index (χ3n) is 3.28. The predicted octanol–water partition coefficient (Wildman–Crippen LogP) is 3.54. The Morgan fingerprint density at radius 3 is 2.64 bits per heavy atom. The molecule has 0 aliphatic rings. The summed E-state index contributed by atoms with van der Waals surface area (Å²) in [6.07, 6.45) is 3.14. The van der Waals surface area contributed by atoms with Crippen molar-refractivity contribution in [3.63, 3.8) is 0 Å². The maximum Gasteiger partial charge on any atom is 0.244 e. The van der Waals surface area contributed by atoms with E-state index in [1.807, 2.05) is 24.3 Å². The molecular formula is C20H18ClNO3. The number of benzene rings is 2. The minimum Gasteiger partial charge on any atom is -0.493 e. The SMILES string of the molecule is COc1ccc(/C=C/C(=O)NCC#Cc2ccccc2Cl)cc1OC. The molecule has 0 fully saturated rings. The third-order valence-corrected chi connectivity index (χ3v) is 3.61. The van der Waals surface area contributed by atoms with Gasteiger partial charge in [-0.3, -0.25) is 4.79 Å². The Kier molecular flexibility index (Phi) is 6.94. The van der Waals surface area contributed by atoms with Crippen LogP contribution in [-0.4, -0.2) is 26.7 Å². The predicted molar refractivity (Wildman–Crippen MR) is 99.9 cm³/mol. The molecule has 0 aliphatic carbocycles. The van der Waals surface area contributed by atoms with Crippen LogP contribution in [0.4, 0.5) is 0 Å². The van der Waals surface area contributed by atoms with E-state index in [-0.39, 0.29) is 12.5 Å². The Labute approximate surface area is 152 Å². The standard InChI is InChI=1S/C20H18ClNO3/c1-24-18-11-9-15(14-19(18)25-2)10-12-20(23)22-13-5-7-16-6-3-4-8-17(16)21/h3-4,6,8-12,14H,13H2,1-2H3,(H,22,23)/b12-10+. The second kappa shape index (κ2) is 9.41. The van der Waals surface area contributed by atoms with Crippen LogP contribution in [-0.2, 0) is 4.79 Å². The lowest BCUT2D eigenvalue weighted by Gasteiger charge is -2.07. The molecule has 0 aromatic heterocycles. The molecule has 1 N–H and O–H groups in total. The molecule has 0 saturated carbocycles. The highest BCUT2D eigenvalue weighted by Gasteiger charge is 2.03. The van der Waals surface area contributed by atoms with Crippen LogP contribution < -0.4 is 14.8 Å². The first-order valence-corrected chi connectivity index (χ1v) is 7.93. The van der Waals surface area contributed by atoms with Gasteiger partial charge in [0.2, 0.25) is 5.91 Å². The highest BCUT2D eigenvalue weighted by atomic mass is 35.5. The zero-order chi connectivity index (χ0) is 18.1. The number of methoxy groups -OCH3 is 2. The number of ether oxygens (including phenoxy) is 2. The van der Waals surface area contributed by atoms with Gasteiger partial charge in [-0.25, -0.2) is 0 Å². The number of rotatable bonds is 5. The molecule has 0 unspecified atom stereocenters. The first kappa shape index (κ1) is 18.4. The van der Waals surface area contributed by atoms with Crippen LogP contribution in [0.25, 0.3) is 6.08 Å². The summed E-state index contributed by atoms with van der Waals surface area (Å²) in [4.78, 5) is 11.8. The molecule has 0 radical (unpaired) electrons. The van der Waals surface area contributed by atoms with E-state index in [4.69, 9.17) is 21.1 Å². The summed E-state index contributed by atoms with van der Waals surface area (Å²) in [6.45, 7) is 0.236. The molecule has 4 nitrogen and oxygen atoms in total. The third kappa shape index (κ3) is 5.59. The van der Waals surface area contributed by atoms with E-state index in [0.29, 0.717) is 16.5 Å². The van der Waals surface area contributed by atoms with Crippen LogP contribution in [0.1, 0.15) is 11.1 Å². The van der Waals surface area contributed by atoms with Gasteiger partial charge >= 0.3 is 0 Å². The lowest BCUT2D eigenvalue weighted by molar-refractivity contribution is -0.116. The van der Waals surface area contributed by atoms with Crippen molar-refractivity contribution in [1.82, 2.24) is 5.32 Å². The van der Waals surface area contributed by atoms with Crippen LogP contribution in [0.3, 0.4) is 0 Å². The number of carbonyl (C=O) groups is 1. The van der Waals surface area contributed by atoms with Crippen molar-refractivity contribution in [2.75, 3.05) is 20.8 Å². The molecule has 25 heavy (non-hydrogen) atoms. The van der Waals surface area contributed by atoms with Crippen molar-refractivity contribution in [2.45, 2.75) is 0 Å². The fraction of sp³-hybridized carbons (Fsp3) is 0.150. The van der Waals surface area contributed by atoms with Crippen molar-refractivity contribution in [3.05, 3.63) is 64.7 Å². The summed E-state index contributed by atoms with van der Waals surface area (Å²) in [5.41, 5.74) is 1.56. The first-order chi connectivity index (χ1) is 12.1. The van der Waals surface area contributed by atoms with Gasteiger partial charge in [-0.15, -0.1) is 0 Å². The van der Waals surface area contributed by atoms with Gasteiger partial charge in [0.1, 0.15) is 0 Å². The molecule has 0 spiro atoms. The minimum atomic E-state index is -0.233. The van der Waals surface area contributed by atoms with Crippen LogP contribution in [0, 0.1) is 11.8 Å². The maximum atomic E-state index is 11.8. The summed E-state index contributed by atoms with van der Waals surface area (Å²) in [6, 6.07) is 12.7. The fourth-order valence-electron chi connectivity index (χ4n) is 2.02. The first-order valence-electron chi connectivity index (χ1n) is 7.55. The number of amides is 1. The van der Waals surface area contributed by atoms with Crippen molar-refractivity contribution in [1.29, 1.82) is 0 Å². The van der Waals surface area contributed by atoms with Gasteiger partial charge in [0.25, 0.3) is 0 Å². The van der Waals surface area contributed by atoms with Gasteiger partial charge in [-0.1, -0.05) is 41.6 Å². The zero-order valence-electron chi connectivity index (χ0n) is 14.0. The summed E-state index contributed by atoms with van der Waals surface area (Å²) < 4.78 is 10.4. The number of halogens is 1. The van der Waals surface area contributed by atoms with E-state index in [2.05, 4.69) is 17.2 Å². The molecule has 0 saturated heterocycles. The van der Waals surface area contributed by atoms with E-state index in [1.54, 1.807) is 38.5 Å². The van der Waals surface area contributed by atoms with Gasteiger partial charge in [0.15, 0.2) is 11.5 Å². The smallest absolute Gasteiger partial charge is 0.244 e. The second-order valence-corrected chi connectivity index (χ2v) is 5.35. The quantitative estimate of drug-likeness (QED) is 0.659. The lowest BCUT2D eigenvalue weighted by Crippen LogP contribution is -2.20. The highest BCUT2D eigenvalue weighted by molar-refractivity contribution is 6.31. The summed E-state index contributed by atoms with van der Waals surface area (Å²) >= 11 is 6.01. The highest BCUT2D eigenvalue weighted by Crippen LogP contribution is 2.27. The minimum absolute atomic E-state index is 0.233. The molecule has 0 aliphatic heterocycles. The van der Waals surface area contributed by atoms with Crippen molar-refractivity contribution in [2.24, 2.45) is 0 Å². The average Bonchev–Trinajstić information content (AvgIpc) is 2.64. The van der Waals surface area contributed by atoms with Gasteiger partial charge in [0, 0.05) is 11.6 Å². The van der Waals surface area contributed by atoms with Crippen LogP contribution >= 0.6 is 11.6 Å². The molecule has 2 rings (SSSR count). The number of carbonyl (C=O) groups excluding carboxylic acids is 1. The molecular weight excluding hydrogens is 338 g/mol. The normalized spacial score (nSPS) is 10.0. The molecule has 2 aromatic rings. The topological polar surface area (TPSA) is 47.6 Å². The van der Waals surface area contributed by atoms with Gasteiger partial charge < -0.3 is 14.8 Å². The van der Waals surface area contributed by atoms with Crippen molar-refractivity contribution < 1.29 is 14.3 Å². The van der Waals surface area contributed by atoms with E-state index < -0.39 is 0 Å². The molecule has 5 heteroatoms. The van der Waals surface area contributed by atoms with Crippen LogP contribution in [0.5, 0.6) is 11.5 Å². The monoisotopic (exact) mass is 355 g/mol. The molecule has 0 atom stereocenters. The Morgan fingerprint density at radius 1 is 1.16 bits per heavy atom. The van der Waals surface area contributed by atoms with Crippen molar-refractivity contribution >= 4 is 23.6 Å². The van der Waals surface area contributed by atoms with Crippen molar-refractivity contribution in [3.8, 4) is 23.3 Å². The number of hydrogen-bond acceptors (Lipinski definition) is 3. The maximum absolute atomic E-state index is 11.8. The second-order valence-electron chi connectivity index (χ2n) is 4.95. The molecule has 0 bridgehead atoms. The number of nitrogens with one attached hydrogen (secondary N) is 1. The Hall–Kier alpha value is -2.90. The Balaban J connectivity index is 1.90. The molecule has 2 aromatic carbocycles. The zero-order valence-corrected chi connectivity index (χ0v) is 14.8. The summed E-state index contributed by atoms with van der Waals surface area (Å²) in [7, 11) is 3.14. The lowest BCUT2D eigenvalue weighted by atomic mass is 10.2. The average molecular weight is 356 g/mol.